The van der Waals surface area contributed by atoms with E-state index in [2.05, 4.69) is 28.9 Å². The fraction of sp³-hybridized carbons (Fsp3) is 0.500. The van der Waals surface area contributed by atoms with Gasteiger partial charge in [0.2, 0.25) is 15.9 Å². The number of benzene rings is 2. The van der Waals surface area contributed by atoms with Crippen LogP contribution >= 0.6 is 23.7 Å². The summed E-state index contributed by atoms with van der Waals surface area (Å²) >= 11 is 1.44. The molecule has 2 aromatic carbocycles. The number of halogens is 2. The van der Waals surface area contributed by atoms with Crippen molar-refractivity contribution in [2.45, 2.75) is 43.7 Å². The summed E-state index contributed by atoms with van der Waals surface area (Å²) in [6.07, 6.45) is -0.196. The van der Waals surface area contributed by atoms with Gasteiger partial charge in [-0.25, -0.2) is 17.8 Å². The first-order valence-electron chi connectivity index (χ1n) is 13.5. The number of para-hydroxylation sites is 2. The lowest BCUT2D eigenvalue weighted by Gasteiger charge is -2.37. The summed E-state index contributed by atoms with van der Waals surface area (Å²) in [5.74, 6) is -0.326. The largest absolute Gasteiger partial charge is 0.389 e. The van der Waals surface area contributed by atoms with Crippen LogP contribution in [0.25, 0.3) is 10.2 Å². The first-order chi connectivity index (χ1) is 19.0. The zero-order valence-electron chi connectivity index (χ0n) is 23.2. The topological polar surface area (TPSA) is 115 Å². The summed E-state index contributed by atoms with van der Waals surface area (Å²) in [5, 5.41) is 13.6. The Balaban J connectivity index is 0.00000387. The second kappa shape index (κ2) is 12.9. The van der Waals surface area contributed by atoms with E-state index >= 15 is 0 Å². The van der Waals surface area contributed by atoms with Gasteiger partial charge in [0.25, 0.3) is 0 Å². The molecule has 1 saturated heterocycles. The molecule has 0 saturated carbocycles. The van der Waals surface area contributed by atoms with Gasteiger partial charge in [0, 0.05) is 45.7 Å². The number of aromatic nitrogens is 1. The Hall–Kier alpha value is -2.35. The van der Waals surface area contributed by atoms with Gasteiger partial charge in [-0.05, 0) is 35.6 Å². The van der Waals surface area contributed by atoms with Gasteiger partial charge in [-0.3, -0.25) is 9.69 Å². The summed E-state index contributed by atoms with van der Waals surface area (Å²) in [4.78, 5) is 22.1. The number of piperazine rings is 1. The Morgan fingerprint density at radius 3 is 2.61 bits per heavy atom. The van der Waals surface area contributed by atoms with E-state index in [0.717, 1.165) is 22.2 Å². The highest BCUT2D eigenvalue weighted by atomic mass is 35.5. The number of fused-ring (bicyclic) bond motifs is 2. The maximum atomic E-state index is 13.8. The van der Waals surface area contributed by atoms with Gasteiger partial charge in [-0.15, -0.1) is 23.7 Å². The Labute approximate surface area is 250 Å². The third-order valence-electron chi connectivity index (χ3n) is 7.46. The van der Waals surface area contributed by atoms with E-state index in [4.69, 9.17) is 0 Å². The minimum absolute atomic E-state index is 0. The van der Waals surface area contributed by atoms with Crippen LogP contribution in [0.3, 0.4) is 0 Å². The minimum atomic E-state index is -4.07. The summed E-state index contributed by atoms with van der Waals surface area (Å²) in [5.41, 5.74) is 2.32. The number of hydrogen-bond donors (Lipinski definition) is 3. The Morgan fingerprint density at radius 2 is 1.90 bits per heavy atom. The molecule has 2 aliphatic heterocycles. The molecule has 3 heterocycles. The minimum Gasteiger partial charge on any atom is -0.389 e. The first-order valence-corrected chi connectivity index (χ1v) is 15.8. The molecule has 0 aliphatic carbocycles. The number of aliphatic hydroxyl groups excluding tert-OH is 1. The Morgan fingerprint density at radius 1 is 1.17 bits per heavy atom. The second-order valence-electron chi connectivity index (χ2n) is 11.4. The third kappa shape index (κ3) is 7.36. The fourth-order valence-corrected chi connectivity index (χ4v) is 7.81. The second-order valence-corrected chi connectivity index (χ2v) is 14.2. The van der Waals surface area contributed by atoms with Crippen LogP contribution in [-0.2, 0) is 27.7 Å². The monoisotopic (exact) mass is 625 g/mol. The van der Waals surface area contributed by atoms with Crippen LogP contribution in [0.15, 0.2) is 47.4 Å². The van der Waals surface area contributed by atoms with Crippen molar-refractivity contribution in [1.82, 2.24) is 19.5 Å². The molecular formula is C28H37ClFN5O4S2. The molecule has 5 rings (SSSR count). The smallest absolute Gasteiger partial charge is 0.243 e. The SMILES string of the molecule is CC1(C)CNc2c(cccc2S(=O)(=O)N[C@@H](Cc2nc3ccccc3s2)C(=O)N2CCN(CC(O)CF)CC2)C1.Cl. The normalized spacial score (nSPS) is 18.7. The molecule has 1 amide bonds. The summed E-state index contributed by atoms with van der Waals surface area (Å²) in [6, 6.07) is 11.9. The van der Waals surface area contributed by atoms with Crippen LogP contribution in [-0.4, -0.2) is 92.3 Å². The number of sulfonamides is 1. The van der Waals surface area contributed by atoms with Crippen LogP contribution in [0.5, 0.6) is 0 Å². The zero-order chi connectivity index (χ0) is 28.5. The van der Waals surface area contributed by atoms with Gasteiger partial charge < -0.3 is 15.3 Å². The number of anilines is 1. The van der Waals surface area contributed by atoms with E-state index in [1.54, 1.807) is 17.0 Å². The molecule has 41 heavy (non-hydrogen) atoms. The van der Waals surface area contributed by atoms with Crippen molar-refractivity contribution in [3.8, 4) is 0 Å². The molecule has 1 aromatic heterocycles. The number of nitrogens with one attached hydrogen (secondary N) is 2. The van der Waals surface area contributed by atoms with Crippen molar-refractivity contribution in [1.29, 1.82) is 0 Å². The molecule has 0 spiro atoms. The van der Waals surface area contributed by atoms with Crippen molar-refractivity contribution < 1.29 is 22.7 Å². The van der Waals surface area contributed by atoms with Crippen LogP contribution in [0.1, 0.15) is 24.4 Å². The number of carbonyl (C=O) groups excluding carboxylic acids is 1. The van der Waals surface area contributed by atoms with Crippen molar-refractivity contribution in [2.75, 3.05) is 51.3 Å². The van der Waals surface area contributed by atoms with E-state index in [1.807, 2.05) is 35.2 Å². The Bertz CT molecular complexity index is 1440. The average molecular weight is 626 g/mol. The van der Waals surface area contributed by atoms with Gasteiger partial charge >= 0.3 is 0 Å². The highest BCUT2D eigenvalue weighted by Crippen LogP contribution is 2.36. The van der Waals surface area contributed by atoms with E-state index in [9.17, 15) is 22.7 Å². The molecule has 3 aromatic rings. The van der Waals surface area contributed by atoms with Gasteiger partial charge in [-0.2, -0.15) is 4.72 Å². The molecule has 1 fully saturated rings. The zero-order valence-corrected chi connectivity index (χ0v) is 25.6. The van der Waals surface area contributed by atoms with E-state index < -0.39 is 28.8 Å². The molecule has 0 bridgehead atoms. The number of nitrogens with zero attached hydrogens (tertiary/aromatic N) is 3. The standard InChI is InChI=1S/C28H36FN5O4S2.ClH/c1-28(2)15-19-6-5-9-24(26(19)30-18-28)40(37,38)32-22(14-25-31-21-7-3-4-8-23(21)39-25)27(36)34-12-10-33(11-13-34)17-20(35)16-29;/h3-9,20,22,30,32,35H,10-18H2,1-2H3;1H/t20?,22-;/m0./s1. The first kappa shape index (κ1) is 31.6. The molecule has 1 unspecified atom stereocenters. The van der Waals surface area contributed by atoms with Gasteiger partial charge in [0.1, 0.15) is 17.6 Å². The van der Waals surface area contributed by atoms with Crippen molar-refractivity contribution >= 4 is 55.6 Å². The fourth-order valence-electron chi connectivity index (χ4n) is 5.38. The van der Waals surface area contributed by atoms with E-state index in [-0.39, 0.29) is 41.6 Å². The van der Waals surface area contributed by atoms with Crippen molar-refractivity contribution in [3.63, 3.8) is 0 Å². The predicted octanol–water partition coefficient (Wildman–Crippen LogP) is 3.08. The van der Waals surface area contributed by atoms with Crippen molar-refractivity contribution in [3.05, 3.63) is 53.0 Å². The Kier molecular flexibility index (Phi) is 9.93. The van der Waals surface area contributed by atoms with E-state index in [0.29, 0.717) is 43.4 Å². The number of carbonyl (C=O) groups is 1. The lowest BCUT2D eigenvalue weighted by atomic mass is 9.82. The number of amides is 1. The van der Waals surface area contributed by atoms with Gasteiger partial charge in [-0.1, -0.05) is 38.1 Å². The average Bonchev–Trinajstić information content (AvgIpc) is 3.34. The van der Waals surface area contributed by atoms with Crippen LogP contribution < -0.4 is 10.0 Å². The predicted molar refractivity (Wildman–Crippen MR) is 162 cm³/mol. The van der Waals surface area contributed by atoms with Gasteiger partial charge in [0.05, 0.1) is 27.0 Å². The summed E-state index contributed by atoms with van der Waals surface area (Å²) in [7, 11) is -4.07. The summed E-state index contributed by atoms with van der Waals surface area (Å²) < 4.78 is 44.1. The molecule has 2 aliphatic rings. The number of rotatable bonds is 9. The maximum absolute atomic E-state index is 13.8. The molecule has 3 N–H and O–H groups in total. The molecule has 2 atom stereocenters. The highest BCUT2D eigenvalue weighted by Gasteiger charge is 2.35. The number of aliphatic hydroxyl groups is 1. The van der Waals surface area contributed by atoms with E-state index in [1.165, 1.54) is 11.3 Å². The lowest BCUT2D eigenvalue weighted by Crippen LogP contribution is -2.56. The number of alkyl halides is 1. The molecule has 9 nitrogen and oxygen atoms in total. The molecular weight excluding hydrogens is 589 g/mol. The summed E-state index contributed by atoms with van der Waals surface area (Å²) in [6.45, 7) is 5.93. The molecule has 224 valence electrons. The maximum Gasteiger partial charge on any atom is 0.243 e. The van der Waals surface area contributed by atoms with Crippen LogP contribution in [0, 0.1) is 5.41 Å². The van der Waals surface area contributed by atoms with Crippen LogP contribution in [0.2, 0.25) is 0 Å². The lowest BCUT2D eigenvalue weighted by molar-refractivity contribution is -0.134. The number of β-amino-alcohol motifs (C(OH)–C–C–N with tert-alkyl or cyclic N) is 1. The third-order valence-corrected chi connectivity index (χ3v) is 10.0. The molecule has 13 heteroatoms. The number of hydrogen-bond acceptors (Lipinski definition) is 8. The number of thiazole rings is 1. The van der Waals surface area contributed by atoms with Crippen LogP contribution in [0.4, 0.5) is 10.1 Å². The quantitative estimate of drug-likeness (QED) is 0.335. The van der Waals surface area contributed by atoms with Gasteiger partial charge in [0.15, 0.2) is 0 Å². The van der Waals surface area contributed by atoms with Crippen molar-refractivity contribution in [2.24, 2.45) is 5.41 Å². The highest BCUT2D eigenvalue weighted by molar-refractivity contribution is 7.89. The molecule has 0 radical (unpaired) electrons.